The fourth-order valence-electron chi connectivity index (χ4n) is 5.26. The average Bonchev–Trinajstić information content (AvgIpc) is 3.68. The molecule has 6 unspecified atom stereocenters. The molecule has 1 rings (SSSR count). The van der Waals surface area contributed by atoms with Crippen LogP contribution >= 0.6 is 0 Å². The Kier molecular flexibility index (Phi) is 22.6. The number of hydrogen-bond acceptors (Lipinski definition) is 14. The Balaban J connectivity index is 3.23. The standard InChI is InChI=1S/C34H54N14O14/c1-15(2)6-22(33(61)62)48-32(60)21(10-27(54)55)47-31(59)19(7-16-11-39-14-43-16)46-30(58)18(4-3-5-40-34(37)38)44-24(50)13-42-29(57)20(9-26(52)53)45-25(51)12-41-28(56)17(35)8-23(36)49/h11,14-15,17-22H,3-10,12-13,35H2,1-2H3,(H2,36,49)(H,39,43)(H,41,56)(H,42,57)(H,44,50)(H,45,51)(H,46,58)(H,47,59)(H,48,60)(H,52,53)(H,54,55)(H,61,62)(H4,37,38,40). The van der Waals surface area contributed by atoms with Gasteiger partial charge in [0.15, 0.2) is 5.96 Å². The van der Waals surface area contributed by atoms with Gasteiger partial charge in [0.05, 0.1) is 44.7 Å². The van der Waals surface area contributed by atoms with E-state index in [0.29, 0.717) is 0 Å². The molecular formula is C34H54N14O14. The van der Waals surface area contributed by atoms with Gasteiger partial charge in [0.1, 0.15) is 30.2 Å². The minimum absolute atomic E-state index is 0.0224. The van der Waals surface area contributed by atoms with E-state index in [0.717, 1.165) is 0 Å². The number of H-pyrrole nitrogens is 1. The van der Waals surface area contributed by atoms with Crippen molar-refractivity contribution in [1.82, 2.24) is 47.2 Å². The van der Waals surface area contributed by atoms with Gasteiger partial charge in [0.2, 0.25) is 47.3 Å². The number of aliphatic carboxylic acids is 3. The number of rotatable bonds is 29. The summed E-state index contributed by atoms with van der Waals surface area (Å²) < 4.78 is 0. The normalized spacial score (nSPS) is 13.6. The molecule has 0 aromatic carbocycles. The first-order valence-corrected chi connectivity index (χ1v) is 18.8. The summed E-state index contributed by atoms with van der Waals surface area (Å²) in [6.45, 7) is 1.67. The first-order chi connectivity index (χ1) is 29.0. The quantitative estimate of drug-likeness (QED) is 0.0202. The second-order valence-electron chi connectivity index (χ2n) is 14.0. The molecule has 1 heterocycles. The van der Waals surface area contributed by atoms with Gasteiger partial charge in [-0.05, 0) is 25.2 Å². The molecule has 0 saturated carbocycles. The lowest BCUT2D eigenvalue weighted by atomic mass is 10.0. The van der Waals surface area contributed by atoms with Gasteiger partial charge in [-0.25, -0.2) is 9.78 Å². The molecule has 0 aliphatic heterocycles. The molecule has 0 aliphatic carbocycles. The van der Waals surface area contributed by atoms with Crippen molar-refractivity contribution >= 4 is 71.1 Å². The number of aromatic amines is 1. The molecule has 0 spiro atoms. The average molecular weight is 883 g/mol. The van der Waals surface area contributed by atoms with Gasteiger partial charge in [-0.1, -0.05) is 13.8 Å². The Bertz CT molecular complexity index is 1800. The van der Waals surface area contributed by atoms with Gasteiger partial charge in [-0.3, -0.25) is 52.9 Å². The molecule has 1 aromatic heterocycles. The maximum absolute atomic E-state index is 13.7. The highest BCUT2D eigenvalue weighted by Gasteiger charge is 2.33. The molecule has 19 N–H and O–H groups in total. The van der Waals surface area contributed by atoms with Crippen molar-refractivity contribution in [3.05, 3.63) is 18.2 Å². The van der Waals surface area contributed by atoms with E-state index in [2.05, 4.69) is 52.2 Å². The molecule has 0 radical (unpaired) electrons. The monoisotopic (exact) mass is 882 g/mol. The molecule has 62 heavy (non-hydrogen) atoms. The SMILES string of the molecule is CC(C)CC(NC(=O)C(CC(=O)O)NC(=O)C(Cc1cnc[nH]1)NC(=O)C(CCCN=C(N)N)NC(=O)CNC(=O)C(CC(=O)O)NC(=O)CNC(=O)C(N)CC(N)=O)C(=O)O. The Morgan fingerprint density at radius 3 is 1.68 bits per heavy atom. The second kappa shape index (κ2) is 26.7. The van der Waals surface area contributed by atoms with Crippen molar-refractivity contribution in [3.63, 3.8) is 0 Å². The first-order valence-electron chi connectivity index (χ1n) is 18.8. The zero-order chi connectivity index (χ0) is 47.1. The van der Waals surface area contributed by atoms with Gasteiger partial charge >= 0.3 is 17.9 Å². The Morgan fingerprint density at radius 1 is 0.677 bits per heavy atom. The molecule has 8 amide bonds. The van der Waals surface area contributed by atoms with E-state index in [1.165, 1.54) is 12.5 Å². The zero-order valence-corrected chi connectivity index (χ0v) is 33.8. The molecule has 6 atom stereocenters. The molecule has 28 nitrogen and oxygen atoms in total. The number of aliphatic imine (C=N–C) groups is 1. The highest BCUT2D eigenvalue weighted by Crippen LogP contribution is 2.08. The largest absolute Gasteiger partial charge is 0.481 e. The van der Waals surface area contributed by atoms with E-state index in [1.807, 2.05) is 0 Å². The van der Waals surface area contributed by atoms with Crippen LogP contribution in [0.5, 0.6) is 0 Å². The number of carbonyl (C=O) groups is 11. The van der Waals surface area contributed by atoms with Crippen LogP contribution in [-0.2, 0) is 59.2 Å². The van der Waals surface area contributed by atoms with Crippen LogP contribution in [0.25, 0.3) is 0 Å². The smallest absolute Gasteiger partial charge is 0.326 e. The second-order valence-corrected chi connectivity index (χ2v) is 14.0. The number of imidazole rings is 1. The lowest BCUT2D eigenvalue weighted by Gasteiger charge is -2.26. The number of carboxylic acids is 3. The number of nitrogens with one attached hydrogen (secondary N) is 8. The van der Waals surface area contributed by atoms with E-state index in [-0.39, 0.29) is 49.8 Å². The zero-order valence-electron chi connectivity index (χ0n) is 33.8. The molecule has 0 bridgehead atoms. The van der Waals surface area contributed by atoms with Crippen LogP contribution < -0.4 is 60.2 Å². The van der Waals surface area contributed by atoms with Gasteiger partial charge < -0.3 is 80.5 Å². The Labute approximate surface area is 352 Å². The minimum atomic E-state index is -1.81. The van der Waals surface area contributed by atoms with Crippen LogP contribution in [-0.4, -0.2) is 152 Å². The summed E-state index contributed by atoms with van der Waals surface area (Å²) in [5.74, 6) is -13.3. The number of nitrogens with two attached hydrogens (primary N) is 4. The van der Waals surface area contributed by atoms with Gasteiger partial charge in [0.25, 0.3) is 0 Å². The topological polar surface area (TPSA) is 478 Å². The van der Waals surface area contributed by atoms with Crippen molar-refractivity contribution in [3.8, 4) is 0 Å². The van der Waals surface area contributed by atoms with E-state index >= 15 is 0 Å². The highest BCUT2D eigenvalue weighted by atomic mass is 16.4. The number of primary amides is 1. The summed E-state index contributed by atoms with van der Waals surface area (Å²) in [7, 11) is 0. The minimum Gasteiger partial charge on any atom is -0.481 e. The summed E-state index contributed by atoms with van der Waals surface area (Å²) in [6, 6.07) is -9.48. The summed E-state index contributed by atoms with van der Waals surface area (Å²) >= 11 is 0. The Morgan fingerprint density at radius 2 is 1.18 bits per heavy atom. The van der Waals surface area contributed by atoms with E-state index in [1.54, 1.807) is 13.8 Å². The van der Waals surface area contributed by atoms with Crippen LogP contribution in [0.2, 0.25) is 0 Å². The predicted octanol–water partition coefficient (Wildman–Crippen LogP) is -7.06. The van der Waals surface area contributed by atoms with E-state index < -0.39 is 134 Å². The molecule has 0 aliphatic rings. The molecule has 344 valence electrons. The van der Waals surface area contributed by atoms with Crippen molar-refractivity contribution in [1.29, 1.82) is 0 Å². The first kappa shape index (κ1) is 52.6. The highest BCUT2D eigenvalue weighted by molar-refractivity contribution is 5.98. The van der Waals surface area contributed by atoms with Crippen molar-refractivity contribution in [2.24, 2.45) is 33.8 Å². The maximum atomic E-state index is 13.7. The number of hydrogen-bond donors (Lipinski definition) is 15. The summed E-state index contributed by atoms with van der Waals surface area (Å²) in [5, 5.41) is 43.9. The lowest BCUT2D eigenvalue weighted by Crippen LogP contribution is -2.59. The lowest BCUT2D eigenvalue weighted by molar-refractivity contribution is -0.144. The molecule has 0 saturated heterocycles. The molecule has 0 fully saturated rings. The third-order valence-electron chi connectivity index (χ3n) is 8.18. The number of guanidine groups is 1. The number of nitrogens with zero attached hydrogens (tertiary/aromatic N) is 2. The third kappa shape index (κ3) is 21.6. The predicted molar refractivity (Wildman–Crippen MR) is 211 cm³/mol. The maximum Gasteiger partial charge on any atom is 0.326 e. The van der Waals surface area contributed by atoms with E-state index in [9.17, 15) is 68.1 Å². The molecule has 1 aromatic rings. The van der Waals surface area contributed by atoms with Crippen LogP contribution in [0, 0.1) is 5.92 Å². The van der Waals surface area contributed by atoms with E-state index in [4.69, 9.17) is 22.9 Å². The number of carbonyl (C=O) groups excluding carboxylic acids is 8. The molecule has 28 heteroatoms. The van der Waals surface area contributed by atoms with Crippen molar-refractivity contribution in [2.45, 2.75) is 95.0 Å². The number of carboxylic acid groups (broad SMARTS) is 3. The fourth-order valence-corrected chi connectivity index (χ4v) is 5.26. The van der Waals surface area contributed by atoms with Crippen LogP contribution in [0.1, 0.15) is 58.1 Å². The number of amides is 8. The van der Waals surface area contributed by atoms with Gasteiger partial charge in [-0.15, -0.1) is 0 Å². The summed E-state index contributed by atoms with van der Waals surface area (Å²) in [5.41, 5.74) is 21.5. The number of aromatic nitrogens is 2. The summed E-state index contributed by atoms with van der Waals surface area (Å²) in [4.78, 5) is 147. The molecular weight excluding hydrogens is 828 g/mol. The van der Waals surface area contributed by atoms with Gasteiger partial charge in [0, 0.05) is 24.9 Å². The Hall–Kier alpha value is -7.39. The summed E-state index contributed by atoms with van der Waals surface area (Å²) in [6.07, 6.45) is -0.423. The van der Waals surface area contributed by atoms with Crippen LogP contribution in [0.4, 0.5) is 0 Å². The van der Waals surface area contributed by atoms with Crippen molar-refractivity contribution < 1.29 is 68.1 Å². The van der Waals surface area contributed by atoms with Crippen molar-refractivity contribution in [2.75, 3.05) is 19.6 Å². The van der Waals surface area contributed by atoms with Gasteiger partial charge in [-0.2, -0.15) is 0 Å². The van der Waals surface area contributed by atoms with Crippen LogP contribution in [0.15, 0.2) is 17.5 Å². The fraction of sp³-hybridized carbons (Fsp3) is 0.559. The van der Waals surface area contributed by atoms with Crippen LogP contribution in [0.3, 0.4) is 0 Å². The third-order valence-corrected chi connectivity index (χ3v) is 8.18.